The van der Waals surface area contributed by atoms with Crippen LogP contribution in [0.1, 0.15) is 56.8 Å². The molecule has 6 aromatic carbocycles. The lowest BCUT2D eigenvalue weighted by molar-refractivity contribution is 0.103. The maximum absolute atomic E-state index is 13.5. The number of carbonyl (C=O) groups is 2. The second kappa shape index (κ2) is 9.75. The van der Waals surface area contributed by atoms with E-state index in [0.717, 1.165) is 38.6 Å². The summed E-state index contributed by atoms with van der Waals surface area (Å²) >= 11 is 0. The molecule has 0 bridgehead atoms. The van der Waals surface area contributed by atoms with Crippen molar-refractivity contribution < 1.29 is 9.59 Å². The van der Waals surface area contributed by atoms with E-state index in [1.807, 2.05) is 84.9 Å². The highest BCUT2D eigenvalue weighted by atomic mass is 16.1. The highest BCUT2D eigenvalue weighted by Gasteiger charge is 2.37. The van der Waals surface area contributed by atoms with Crippen LogP contribution in [0.5, 0.6) is 0 Å². The first-order chi connectivity index (χ1) is 21.4. The maximum Gasteiger partial charge on any atom is 0.193 e. The van der Waals surface area contributed by atoms with Gasteiger partial charge in [-0.3, -0.25) is 9.59 Å². The van der Waals surface area contributed by atoms with E-state index in [1.54, 1.807) is 0 Å². The predicted molar refractivity (Wildman–Crippen MR) is 178 cm³/mol. The molecule has 7 aromatic rings. The fourth-order valence-electron chi connectivity index (χ4n) is 6.90. The van der Waals surface area contributed by atoms with E-state index in [2.05, 4.69) is 73.0 Å². The van der Waals surface area contributed by atoms with Crippen LogP contribution in [-0.4, -0.2) is 16.1 Å². The number of fused-ring (bicyclic) bond motifs is 6. The lowest BCUT2D eigenvalue weighted by Crippen LogP contribution is -2.16. The van der Waals surface area contributed by atoms with Crippen molar-refractivity contribution in [2.45, 2.75) is 19.3 Å². The summed E-state index contributed by atoms with van der Waals surface area (Å²) in [6.07, 6.45) is 0. The Bertz CT molecular complexity index is 2260. The third-order valence-corrected chi connectivity index (χ3v) is 9.17. The number of carbonyl (C=O) groups excluding carboxylic acids is 2. The number of hydrogen-bond donors (Lipinski definition) is 0. The van der Waals surface area contributed by atoms with Gasteiger partial charge in [0, 0.05) is 44.1 Å². The summed E-state index contributed by atoms with van der Waals surface area (Å²) in [5.74, 6) is 0.0417. The second-order valence-corrected chi connectivity index (χ2v) is 12.1. The molecule has 0 radical (unpaired) electrons. The molecule has 3 nitrogen and oxygen atoms in total. The quantitative estimate of drug-likeness (QED) is 0.194. The molecule has 0 spiro atoms. The number of ketones is 2. The third-order valence-electron chi connectivity index (χ3n) is 9.17. The lowest BCUT2D eigenvalue weighted by atomic mass is 9.81. The fourth-order valence-corrected chi connectivity index (χ4v) is 6.90. The molecule has 1 heterocycles. The Kier molecular flexibility index (Phi) is 5.79. The molecule has 8 rings (SSSR count). The molecular formula is C41H29NO2. The summed E-state index contributed by atoms with van der Waals surface area (Å²) in [5, 5.41) is 2.15. The van der Waals surface area contributed by atoms with E-state index in [4.69, 9.17) is 0 Å². The number of para-hydroxylation sites is 1. The van der Waals surface area contributed by atoms with Crippen molar-refractivity contribution in [3.05, 3.63) is 173 Å². The van der Waals surface area contributed by atoms with Gasteiger partial charge in [-0.2, -0.15) is 0 Å². The van der Waals surface area contributed by atoms with E-state index in [1.165, 1.54) is 11.1 Å². The molecule has 0 aliphatic heterocycles. The Morgan fingerprint density at radius 2 is 1.00 bits per heavy atom. The third kappa shape index (κ3) is 3.90. The zero-order chi connectivity index (χ0) is 30.0. The summed E-state index contributed by atoms with van der Waals surface area (Å²) in [6, 6.07) is 46.1. The van der Waals surface area contributed by atoms with Crippen LogP contribution in [0.15, 0.2) is 140 Å². The van der Waals surface area contributed by atoms with Gasteiger partial charge in [0.2, 0.25) is 0 Å². The molecule has 1 aliphatic rings. The van der Waals surface area contributed by atoms with Crippen molar-refractivity contribution in [1.29, 1.82) is 0 Å². The Labute approximate surface area is 256 Å². The van der Waals surface area contributed by atoms with Crippen LogP contribution in [0.2, 0.25) is 0 Å². The van der Waals surface area contributed by atoms with Crippen LogP contribution in [0.25, 0.3) is 38.6 Å². The van der Waals surface area contributed by atoms with Gasteiger partial charge in [-0.05, 0) is 70.8 Å². The number of nitrogens with zero attached hydrogens (tertiary/aromatic N) is 1. The van der Waals surface area contributed by atoms with Gasteiger partial charge in [0.25, 0.3) is 0 Å². The van der Waals surface area contributed by atoms with Crippen LogP contribution in [0.4, 0.5) is 0 Å². The summed E-state index contributed by atoms with van der Waals surface area (Å²) in [5.41, 5.74) is 10.3. The molecule has 1 aromatic heterocycles. The molecular weight excluding hydrogens is 538 g/mol. The fraction of sp³-hybridized carbons (Fsp3) is 0.0732. The van der Waals surface area contributed by atoms with Crippen molar-refractivity contribution in [2.75, 3.05) is 0 Å². The van der Waals surface area contributed by atoms with Crippen molar-refractivity contribution in [3.8, 4) is 16.8 Å². The van der Waals surface area contributed by atoms with Gasteiger partial charge in [0.1, 0.15) is 0 Å². The Hall–Kier alpha value is -5.54. The van der Waals surface area contributed by atoms with E-state index < -0.39 is 0 Å². The van der Waals surface area contributed by atoms with Gasteiger partial charge in [-0.15, -0.1) is 0 Å². The minimum Gasteiger partial charge on any atom is -0.309 e. The van der Waals surface area contributed by atoms with Crippen LogP contribution >= 0.6 is 0 Å². The summed E-state index contributed by atoms with van der Waals surface area (Å²) in [6.45, 7) is 4.47. The van der Waals surface area contributed by atoms with Gasteiger partial charge in [0.05, 0.1) is 11.0 Å². The van der Waals surface area contributed by atoms with Gasteiger partial charge >= 0.3 is 0 Å². The summed E-state index contributed by atoms with van der Waals surface area (Å²) in [7, 11) is 0. The first kappa shape index (κ1) is 26.1. The van der Waals surface area contributed by atoms with E-state index in [9.17, 15) is 9.59 Å². The van der Waals surface area contributed by atoms with Crippen molar-refractivity contribution in [2.24, 2.45) is 0 Å². The van der Waals surface area contributed by atoms with Gasteiger partial charge in [-0.1, -0.05) is 105 Å². The molecule has 44 heavy (non-hydrogen) atoms. The van der Waals surface area contributed by atoms with Gasteiger partial charge in [0.15, 0.2) is 11.6 Å². The predicted octanol–water partition coefficient (Wildman–Crippen LogP) is 9.55. The minimum absolute atomic E-state index is 0.0117. The Balaban J connectivity index is 1.35. The average Bonchev–Trinajstić information content (AvgIpc) is 3.51. The maximum atomic E-state index is 13.5. The zero-order valence-corrected chi connectivity index (χ0v) is 24.5. The molecule has 1 aliphatic carbocycles. The van der Waals surface area contributed by atoms with Gasteiger partial charge in [-0.25, -0.2) is 0 Å². The number of benzene rings is 6. The van der Waals surface area contributed by atoms with Crippen LogP contribution < -0.4 is 0 Å². The van der Waals surface area contributed by atoms with Crippen LogP contribution in [0.3, 0.4) is 0 Å². The topological polar surface area (TPSA) is 39.1 Å². The molecule has 210 valence electrons. The molecule has 0 N–H and O–H groups in total. The lowest BCUT2D eigenvalue weighted by Gasteiger charge is -2.22. The average molecular weight is 568 g/mol. The van der Waals surface area contributed by atoms with E-state index in [0.29, 0.717) is 22.3 Å². The van der Waals surface area contributed by atoms with E-state index in [-0.39, 0.29) is 17.0 Å². The Morgan fingerprint density at radius 1 is 0.477 bits per heavy atom. The van der Waals surface area contributed by atoms with Crippen molar-refractivity contribution in [1.82, 2.24) is 4.57 Å². The first-order valence-electron chi connectivity index (χ1n) is 14.9. The molecule has 0 unspecified atom stereocenters. The van der Waals surface area contributed by atoms with Gasteiger partial charge < -0.3 is 4.57 Å². The standard InChI is InChI=1S/C41H29NO2/c1-41(2)35-23-29(40(44)27-14-8-4-9-15-27)18-20-31(35)32-25-38-34(24-36(32)41)33-22-28(39(43)26-12-6-3-7-13-26)19-21-37(33)42(38)30-16-10-5-11-17-30/h3-25H,1-2H3. The van der Waals surface area contributed by atoms with Crippen LogP contribution in [0, 0.1) is 0 Å². The van der Waals surface area contributed by atoms with Crippen molar-refractivity contribution >= 4 is 33.4 Å². The highest BCUT2D eigenvalue weighted by Crippen LogP contribution is 2.51. The zero-order valence-electron chi connectivity index (χ0n) is 24.5. The number of hydrogen-bond acceptors (Lipinski definition) is 2. The smallest absolute Gasteiger partial charge is 0.193 e. The summed E-state index contributed by atoms with van der Waals surface area (Å²) in [4.78, 5) is 26.9. The number of aromatic nitrogens is 1. The summed E-state index contributed by atoms with van der Waals surface area (Å²) < 4.78 is 2.29. The first-order valence-corrected chi connectivity index (χ1v) is 14.9. The normalized spacial score (nSPS) is 13.1. The van der Waals surface area contributed by atoms with Crippen LogP contribution in [-0.2, 0) is 5.41 Å². The molecule has 3 heteroatoms. The monoisotopic (exact) mass is 567 g/mol. The molecule has 0 saturated carbocycles. The highest BCUT2D eigenvalue weighted by molar-refractivity contribution is 6.16. The van der Waals surface area contributed by atoms with E-state index >= 15 is 0 Å². The molecule has 0 atom stereocenters. The SMILES string of the molecule is CC1(C)c2cc(C(=O)c3ccccc3)ccc2-c2cc3c(cc21)c1cc(C(=O)c2ccccc2)ccc1n3-c1ccccc1. The molecule has 0 amide bonds. The largest absolute Gasteiger partial charge is 0.309 e. The second-order valence-electron chi connectivity index (χ2n) is 12.1. The molecule has 0 saturated heterocycles. The van der Waals surface area contributed by atoms with Crippen molar-refractivity contribution in [3.63, 3.8) is 0 Å². The Morgan fingerprint density at radius 3 is 1.64 bits per heavy atom. The molecule has 0 fully saturated rings. The minimum atomic E-state index is -0.315. The number of rotatable bonds is 5.